The van der Waals surface area contributed by atoms with E-state index in [0.29, 0.717) is 0 Å². The second-order valence-corrected chi connectivity index (χ2v) is 2.90. The number of nitrogens with zero attached hydrogens (tertiary/aromatic N) is 4. The second kappa shape index (κ2) is 3.82. The molecule has 0 saturated heterocycles. The molecule has 8 nitrogen and oxygen atoms in total. The number of allylic oxidation sites excluding steroid dienone is 1. The van der Waals surface area contributed by atoms with Crippen molar-refractivity contribution in [1.82, 2.24) is 5.06 Å². The summed E-state index contributed by atoms with van der Waals surface area (Å²) >= 11 is 0. The van der Waals surface area contributed by atoms with Crippen LogP contribution < -0.4 is 5.73 Å². The van der Waals surface area contributed by atoms with E-state index < -0.39 is 12.2 Å². The second-order valence-electron chi connectivity index (χ2n) is 2.90. The highest BCUT2D eigenvalue weighted by Gasteiger charge is 2.36. The van der Waals surface area contributed by atoms with Crippen molar-refractivity contribution in [2.24, 2.45) is 21.0 Å². The molecule has 2 rings (SSSR count). The van der Waals surface area contributed by atoms with Gasteiger partial charge in [-0.1, -0.05) is 5.92 Å². The third-order valence-electron chi connectivity index (χ3n) is 1.92. The van der Waals surface area contributed by atoms with Crippen LogP contribution in [0.5, 0.6) is 0 Å². The molecule has 2 aliphatic heterocycles. The van der Waals surface area contributed by atoms with E-state index >= 15 is 0 Å². The van der Waals surface area contributed by atoms with Gasteiger partial charge in [0, 0.05) is 0 Å². The normalized spacial score (nSPS) is 22.9. The molecule has 0 bridgehead atoms. The van der Waals surface area contributed by atoms with Gasteiger partial charge >= 0.3 is 0 Å². The van der Waals surface area contributed by atoms with Gasteiger partial charge in [0.05, 0.1) is 0 Å². The smallest absolute Gasteiger partial charge is 0.287 e. The highest BCUT2D eigenvalue weighted by Crippen LogP contribution is 2.23. The van der Waals surface area contributed by atoms with Crippen LogP contribution in [0.2, 0.25) is 0 Å². The van der Waals surface area contributed by atoms with Gasteiger partial charge < -0.3 is 5.11 Å². The largest absolute Gasteiger partial charge is 0.384 e. The summed E-state index contributed by atoms with van der Waals surface area (Å²) in [5.41, 5.74) is 5.39. The van der Waals surface area contributed by atoms with Crippen LogP contribution in [-0.4, -0.2) is 40.0 Å². The Hall–Kier alpha value is -2.08. The van der Waals surface area contributed by atoms with Gasteiger partial charge in [-0.05, 0) is 5.92 Å². The van der Waals surface area contributed by atoms with Crippen LogP contribution in [-0.2, 0) is 4.79 Å². The fourth-order valence-electron chi connectivity index (χ4n) is 1.22. The van der Waals surface area contributed by atoms with Crippen molar-refractivity contribution >= 4 is 11.7 Å². The summed E-state index contributed by atoms with van der Waals surface area (Å²) in [5.74, 6) is 4.05. The number of hydrogen-bond donors (Lipinski definition) is 3. The number of aliphatic imine (C=N–C) groups is 1. The number of carbonyl (C=O) groups is 1. The van der Waals surface area contributed by atoms with Gasteiger partial charge in [0.2, 0.25) is 6.29 Å². The topological polar surface area (TPSA) is 124 Å². The highest BCUT2D eigenvalue weighted by atomic mass is 16.5. The average molecular weight is 221 g/mol. The maximum Gasteiger partial charge on any atom is 0.287 e. The SMILES string of the molecule is NC1N=C2N=NC(C#CCO)=C2C(=O)N1O. The van der Waals surface area contributed by atoms with E-state index in [0.717, 1.165) is 0 Å². The van der Waals surface area contributed by atoms with Crippen LogP contribution in [0.3, 0.4) is 0 Å². The van der Waals surface area contributed by atoms with Gasteiger partial charge in [-0.15, -0.1) is 10.2 Å². The van der Waals surface area contributed by atoms with Crippen molar-refractivity contribution in [1.29, 1.82) is 0 Å². The summed E-state index contributed by atoms with van der Waals surface area (Å²) in [4.78, 5) is 15.3. The van der Waals surface area contributed by atoms with Crippen LogP contribution in [0.1, 0.15) is 0 Å². The number of aliphatic hydroxyl groups excluding tert-OH is 1. The first-order valence-corrected chi connectivity index (χ1v) is 4.27. The molecule has 0 aliphatic carbocycles. The third-order valence-corrected chi connectivity index (χ3v) is 1.92. The number of amidine groups is 1. The molecule has 16 heavy (non-hydrogen) atoms. The Labute approximate surface area is 89.7 Å². The lowest BCUT2D eigenvalue weighted by Crippen LogP contribution is -2.47. The molecular formula is C8H7N5O3. The summed E-state index contributed by atoms with van der Waals surface area (Å²) in [7, 11) is 0. The first-order chi connectivity index (χ1) is 7.65. The minimum Gasteiger partial charge on any atom is -0.384 e. The Bertz CT molecular complexity index is 496. The maximum absolute atomic E-state index is 11.6. The number of carbonyl (C=O) groups excluding carboxylic acids is 1. The van der Waals surface area contributed by atoms with Crippen LogP contribution >= 0.6 is 0 Å². The zero-order valence-corrected chi connectivity index (χ0v) is 7.95. The van der Waals surface area contributed by atoms with E-state index in [9.17, 15) is 10.0 Å². The molecule has 1 unspecified atom stereocenters. The Morgan fingerprint density at radius 2 is 2.25 bits per heavy atom. The van der Waals surface area contributed by atoms with Crippen LogP contribution in [0, 0.1) is 11.8 Å². The van der Waals surface area contributed by atoms with Gasteiger partial charge in [-0.25, -0.2) is 4.99 Å². The molecule has 0 radical (unpaired) electrons. The monoisotopic (exact) mass is 221 g/mol. The zero-order chi connectivity index (χ0) is 11.7. The minimum absolute atomic E-state index is 0.00912. The number of azo groups is 1. The molecule has 0 aromatic heterocycles. The summed E-state index contributed by atoms with van der Waals surface area (Å²) in [6, 6.07) is 0. The van der Waals surface area contributed by atoms with Gasteiger partial charge in [-0.2, -0.15) is 5.06 Å². The molecule has 0 aromatic rings. The summed E-state index contributed by atoms with van der Waals surface area (Å²) < 4.78 is 0. The standard InChI is InChI=1S/C8H7N5O3/c9-8-10-6-5(7(15)13(8)16)4(11-12-6)2-1-3-14/h8,14,16H,3,9H2. The molecule has 0 saturated carbocycles. The number of nitrogens with two attached hydrogens (primary N) is 1. The molecule has 4 N–H and O–H groups in total. The predicted octanol–water partition coefficient (Wildman–Crippen LogP) is -1.43. The Balaban J connectivity index is 2.48. The minimum atomic E-state index is -1.18. The van der Waals surface area contributed by atoms with Crippen LogP contribution in [0.25, 0.3) is 0 Å². The Morgan fingerprint density at radius 3 is 2.94 bits per heavy atom. The lowest BCUT2D eigenvalue weighted by atomic mass is 10.1. The number of aliphatic hydroxyl groups is 1. The summed E-state index contributed by atoms with van der Waals surface area (Å²) in [6.45, 7) is -0.366. The van der Waals surface area contributed by atoms with Crippen molar-refractivity contribution in [2.45, 2.75) is 6.29 Å². The maximum atomic E-state index is 11.6. The average Bonchev–Trinajstić information content (AvgIpc) is 2.66. The molecular weight excluding hydrogens is 214 g/mol. The molecule has 2 heterocycles. The number of hydroxylamine groups is 2. The Morgan fingerprint density at radius 1 is 1.50 bits per heavy atom. The fourth-order valence-corrected chi connectivity index (χ4v) is 1.22. The van der Waals surface area contributed by atoms with E-state index in [-0.39, 0.29) is 28.8 Å². The van der Waals surface area contributed by atoms with Crippen molar-refractivity contribution in [3.8, 4) is 11.8 Å². The molecule has 0 aromatic carbocycles. The molecule has 1 atom stereocenters. The first kappa shape index (κ1) is 10.4. The molecule has 82 valence electrons. The van der Waals surface area contributed by atoms with E-state index in [4.69, 9.17) is 10.8 Å². The van der Waals surface area contributed by atoms with Crippen molar-refractivity contribution in [3.63, 3.8) is 0 Å². The van der Waals surface area contributed by atoms with Gasteiger partial charge in [0.25, 0.3) is 5.91 Å². The van der Waals surface area contributed by atoms with Gasteiger partial charge in [0.15, 0.2) is 11.5 Å². The molecule has 2 aliphatic rings. The molecule has 8 heteroatoms. The molecule has 1 amide bonds. The third kappa shape index (κ3) is 1.49. The van der Waals surface area contributed by atoms with Gasteiger partial charge in [0.1, 0.15) is 12.2 Å². The zero-order valence-electron chi connectivity index (χ0n) is 7.95. The number of hydrogen-bond acceptors (Lipinski definition) is 7. The quantitative estimate of drug-likeness (QED) is 0.342. The van der Waals surface area contributed by atoms with Crippen molar-refractivity contribution in [2.75, 3.05) is 6.61 Å². The first-order valence-electron chi connectivity index (χ1n) is 4.27. The highest BCUT2D eigenvalue weighted by molar-refractivity contribution is 6.23. The molecule has 0 fully saturated rings. The van der Waals surface area contributed by atoms with Crippen LogP contribution in [0.15, 0.2) is 26.5 Å². The van der Waals surface area contributed by atoms with Crippen LogP contribution in [0.4, 0.5) is 0 Å². The molecule has 0 spiro atoms. The lowest BCUT2D eigenvalue weighted by Gasteiger charge is -2.23. The number of rotatable bonds is 0. The van der Waals surface area contributed by atoms with Crippen molar-refractivity contribution in [3.05, 3.63) is 11.3 Å². The summed E-state index contributed by atoms with van der Waals surface area (Å²) in [6.07, 6.45) is -1.18. The Kier molecular flexibility index (Phi) is 2.49. The summed E-state index contributed by atoms with van der Waals surface area (Å²) in [5, 5.41) is 25.3. The van der Waals surface area contributed by atoms with E-state index in [1.165, 1.54) is 0 Å². The number of fused-ring (bicyclic) bond motifs is 1. The van der Waals surface area contributed by atoms with Gasteiger partial charge in [-0.3, -0.25) is 15.7 Å². The fraction of sp³-hybridized carbons (Fsp3) is 0.250. The van der Waals surface area contributed by atoms with E-state index in [2.05, 4.69) is 27.1 Å². The van der Waals surface area contributed by atoms with Crippen molar-refractivity contribution < 1.29 is 15.1 Å². The lowest BCUT2D eigenvalue weighted by molar-refractivity contribution is -0.170. The number of amides is 1. The van der Waals surface area contributed by atoms with E-state index in [1.54, 1.807) is 0 Å². The predicted molar refractivity (Wildman–Crippen MR) is 50.8 cm³/mol. The van der Waals surface area contributed by atoms with E-state index in [1.807, 2.05) is 0 Å².